The number of rotatable bonds is 6. The molecule has 15 heteroatoms. The second-order valence-electron chi connectivity index (χ2n) is 9.66. The summed E-state index contributed by atoms with van der Waals surface area (Å²) >= 11 is 6.31. The zero-order valence-corrected chi connectivity index (χ0v) is 22.7. The molecule has 0 unspecified atom stereocenters. The van der Waals surface area contributed by atoms with Gasteiger partial charge in [0.2, 0.25) is 11.7 Å². The van der Waals surface area contributed by atoms with Crippen LogP contribution in [0.3, 0.4) is 0 Å². The lowest BCUT2D eigenvalue weighted by atomic mass is 10.0. The van der Waals surface area contributed by atoms with Crippen LogP contribution in [0.15, 0.2) is 35.6 Å². The van der Waals surface area contributed by atoms with Gasteiger partial charge in [-0.15, -0.1) is 0 Å². The number of nitrogens with two attached hydrogens (primary N) is 1. The third-order valence-corrected chi connectivity index (χ3v) is 7.20. The summed E-state index contributed by atoms with van der Waals surface area (Å²) in [6, 6.07) is 2.67. The minimum Gasteiger partial charge on any atom is -0.504 e. The normalized spacial score (nSPS) is 15.3. The Labute approximate surface area is 236 Å². The first-order chi connectivity index (χ1) is 19.5. The van der Waals surface area contributed by atoms with Gasteiger partial charge in [-0.3, -0.25) is 14.4 Å². The highest BCUT2D eigenvalue weighted by atomic mass is 35.5. The van der Waals surface area contributed by atoms with Crippen molar-refractivity contribution in [1.29, 1.82) is 0 Å². The zero-order chi connectivity index (χ0) is 29.6. The molecule has 0 radical (unpaired) electrons. The predicted octanol–water partition coefficient (Wildman–Crippen LogP) is 1.97. The Balaban J connectivity index is 1.53. The number of nitrogens with one attached hydrogen (secondary N) is 2. The molecule has 1 aliphatic heterocycles. The van der Waals surface area contributed by atoms with Crippen LogP contribution < -0.4 is 26.8 Å². The number of fused-ring (bicyclic) bond motifs is 1. The van der Waals surface area contributed by atoms with Crippen LogP contribution in [0, 0.1) is 11.6 Å². The van der Waals surface area contributed by atoms with E-state index in [2.05, 4.69) is 25.5 Å². The first kappa shape index (κ1) is 28.0. The number of amides is 2. The molecule has 4 heterocycles. The lowest BCUT2D eigenvalue weighted by Gasteiger charge is -2.35. The lowest BCUT2D eigenvalue weighted by Crippen LogP contribution is -2.50. The number of hydrogen-bond acceptors (Lipinski definition) is 8. The smallest absolute Gasteiger partial charge is 0.263 e. The van der Waals surface area contributed by atoms with E-state index in [1.54, 1.807) is 6.07 Å². The molecule has 3 aromatic heterocycles. The summed E-state index contributed by atoms with van der Waals surface area (Å²) in [6.07, 6.45) is 3.89. The Morgan fingerprint density at radius 2 is 2.00 bits per heavy atom. The highest BCUT2D eigenvalue weighted by molar-refractivity contribution is 6.33. The Hall–Kier alpha value is -4.56. The second-order valence-corrected chi connectivity index (χ2v) is 10.1. The standard InChI is InChI=1S/C26H25ClF2N8O4/c1-12-7-31-3-4-37(12)18-6-17(16(27)8-32-18)34-19(38)10-36-9-15(20-25(36)33-11-35(2)26(20)41)13-5-14(24(30)40)23(39)22(29)21(13)28/h5-6,8-9,11-12,31,39H,3-4,7,10H2,1-2H3,(H2,30,40)(H,32,34,38)/t12-/m0/s1. The SMILES string of the molecule is C[C@H]1CNCCN1c1cc(NC(=O)Cn2cc(-c3cc(C(N)=O)c(O)c(F)c3F)c3c(=O)n(C)cnc32)c(Cl)cn1. The number of benzene rings is 1. The van der Waals surface area contributed by atoms with Crippen LogP contribution in [0.25, 0.3) is 22.2 Å². The van der Waals surface area contributed by atoms with Gasteiger partial charge >= 0.3 is 0 Å². The van der Waals surface area contributed by atoms with Crippen molar-refractivity contribution >= 4 is 46.0 Å². The molecule has 1 fully saturated rings. The predicted molar refractivity (Wildman–Crippen MR) is 148 cm³/mol. The van der Waals surface area contributed by atoms with Crippen LogP contribution >= 0.6 is 11.6 Å². The fourth-order valence-corrected chi connectivity index (χ4v) is 4.95. The molecule has 1 aliphatic rings. The van der Waals surface area contributed by atoms with E-state index in [-0.39, 0.29) is 34.2 Å². The zero-order valence-electron chi connectivity index (χ0n) is 21.9. The number of pyridine rings is 1. The van der Waals surface area contributed by atoms with Crippen LogP contribution in [0.2, 0.25) is 5.02 Å². The van der Waals surface area contributed by atoms with Crippen molar-refractivity contribution in [2.24, 2.45) is 12.8 Å². The fourth-order valence-electron chi connectivity index (χ4n) is 4.80. The molecule has 1 atom stereocenters. The number of piperazine rings is 1. The topological polar surface area (TPSA) is 160 Å². The van der Waals surface area contributed by atoms with Gasteiger partial charge in [0.1, 0.15) is 18.0 Å². The first-order valence-corrected chi connectivity index (χ1v) is 12.8. The number of halogens is 3. The molecule has 1 aromatic carbocycles. The van der Waals surface area contributed by atoms with Gasteiger partial charge in [0, 0.05) is 56.1 Å². The molecule has 5 N–H and O–H groups in total. The highest BCUT2D eigenvalue weighted by Gasteiger charge is 2.26. The summed E-state index contributed by atoms with van der Waals surface area (Å²) < 4.78 is 32.0. The van der Waals surface area contributed by atoms with E-state index in [0.717, 1.165) is 23.7 Å². The number of phenols is 1. The van der Waals surface area contributed by atoms with E-state index in [9.17, 15) is 23.9 Å². The van der Waals surface area contributed by atoms with Crippen LogP contribution in [-0.4, -0.2) is 61.7 Å². The molecule has 5 rings (SSSR count). The van der Waals surface area contributed by atoms with Crippen LogP contribution in [-0.2, 0) is 18.4 Å². The van der Waals surface area contributed by atoms with Gasteiger partial charge in [-0.05, 0) is 13.0 Å². The molecule has 0 bridgehead atoms. The number of anilines is 2. The number of aromatic hydroxyl groups is 1. The molecule has 4 aromatic rings. The van der Waals surface area contributed by atoms with Crippen LogP contribution in [0.5, 0.6) is 5.75 Å². The second kappa shape index (κ2) is 10.8. The molecule has 2 amide bonds. The maximum Gasteiger partial charge on any atom is 0.263 e. The summed E-state index contributed by atoms with van der Waals surface area (Å²) in [6.45, 7) is 3.92. The molecule has 214 valence electrons. The van der Waals surface area contributed by atoms with Crippen LogP contribution in [0.1, 0.15) is 17.3 Å². The average Bonchev–Trinajstić information content (AvgIpc) is 3.29. The van der Waals surface area contributed by atoms with Gasteiger partial charge in [0.25, 0.3) is 11.5 Å². The molecule has 12 nitrogen and oxygen atoms in total. The van der Waals surface area contributed by atoms with E-state index in [0.29, 0.717) is 18.1 Å². The third-order valence-electron chi connectivity index (χ3n) is 6.90. The first-order valence-electron chi connectivity index (χ1n) is 12.5. The van der Waals surface area contributed by atoms with Crippen molar-refractivity contribution in [2.75, 3.05) is 29.9 Å². The summed E-state index contributed by atoms with van der Waals surface area (Å²) in [5.74, 6) is -5.61. The van der Waals surface area contributed by atoms with Gasteiger partial charge in [-0.1, -0.05) is 11.6 Å². The van der Waals surface area contributed by atoms with Crippen molar-refractivity contribution < 1.29 is 23.5 Å². The molecular weight excluding hydrogens is 562 g/mol. The maximum absolute atomic E-state index is 15.0. The molecule has 0 saturated carbocycles. The summed E-state index contributed by atoms with van der Waals surface area (Å²) in [4.78, 5) is 48.7. The van der Waals surface area contributed by atoms with Crippen molar-refractivity contribution in [3.8, 4) is 16.9 Å². The van der Waals surface area contributed by atoms with Gasteiger partial charge in [-0.2, -0.15) is 4.39 Å². The van der Waals surface area contributed by atoms with E-state index < -0.39 is 45.9 Å². The van der Waals surface area contributed by atoms with E-state index >= 15 is 4.39 Å². The summed E-state index contributed by atoms with van der Waals surface area (Å²) in [5, 5.41) is 16.0. The monoisotopic (exact) mass is 586 g/mol. The number of aryl methyl sites for hydroxylation is 1. The quantitative estimate of drug-likeness (QED) is 0.267. The van der Waals surface area contributed by atoms with Gasteiger partial charge in [0.05, 0.1) is 34.2 Å². The van der Waals surface area contributed by atoms with E-state index in [1.807, 2.05) is 6.92 Å². The number of carbonyl (C=O) groups is 2. The van der Waals surface area contributed by atoms with Crippen molar-refractivity contribution in [2.45, 2.75) is 19.5 Å². The highest BCUT2D eigenvalue weighted by Crippen LogP contribution is 2.36. The van der Waals surface area contributed by atoms with Crippen molar-refractivity contribution in [3.05, 3.63) is 63.4 Å². The number of aromatic nitrogens is 4. The third kappa shape index (κ3) is 5.07. The summed E-state index contributed by atoms with van der Waals surface area (Å²) in [7, 11) is 1.41. The van der Waals surface area contributed by atoms with Crippen molar-refractivity contribution in [3.63, 3.8) is 0 Å². The summed E-state index contributed by atoms with van der Waals surface area (Å²) in [5.41, 5.74) is 3.56. The maximum atomic E-state index is 15.0. The minimum absolute atomic E-state index is 0.00270. The number of primary amides is 1. The van der Waals surface area contributed by atoms with Gasteiger partial charge in [-0.25, -0.2) is 14.4 Å². The fraction of sp³-hybridized carbons (Fsp3) is 0.269. The molecule has 41 heavy (non-hydrogen) atoms. The van der Waals surface area contributed by atoms with E-state index in [1.165, 1.54) is 30.3 Å². The minimum atomic E-state index is -1.71. The Morgan fingerprint density at radius 1 is 1.24 bits per heavy atom. The molecule has 0 spiro atoms. The Bertz CT molecular complexity index is 1770. The average molecular weight is 587 g/mol. The number of carbonyl (C=O) groups excluding carboxylic acids is 2. The molecule has 0 aliphatic carbocycles. The van der Waals surface area contributed by atoms with Crippen LogP contribution in [0.4, 0.5) is 20.3 Å². The number of hydrogen-bond donors (Lipinski definition) is 4. The molecular formula is C26H25ClF2N8O4. The van der Waals surface area contributed by atoms with Crippen molar-refractivity contribution in [1.82, 2.24) is 24.4 Å². The lowest BCUT2D eigenvalue weighted by molar-refractivity contribution is -0.116. The van der Waals surface area contributed by atoms with Gasteiger partial charge < -0.3 is 35.5 Å². The Morgan fingerprint density at radius 3 is 2.71 bits per heavy atom. The van der Waals surface area contributed by atoms with E-state index in [4.69, 9.17) is 17.3 Å². The largest absolute Gasteiger partial charge is 0.504 e. The Kier molecular flexibility index (Phi) is 7.36. The molecule has 1 saturated heterocycles. The van der Waals surface area contributed by atoms with Gasteiger partial charge in [0.15, 0.2) is 11.6 Å². The number of nitrogens with zero attached hydrogens (tertiary/aromatic N) is 5.